The van der Waals surface area contributed by atoms with E-state index < -0.39 is 0 Å². The lowest BCUT2D eigenvalue weighted by Gasteiger charge is -2.13. The van der Waals surface area contributed by atoms with Crippen LogP contribution in [0.25, 0.3) is 0 Å². The van der Waals surface area contributed by atoms with Crippen LogP contribution in [0.1, 0.15) is 47.2 Å². The molecule has 0 saturated carbocycles. The average Bonchev–Trinajstić information content (AvgIpc) is 2.50. The Morgan fingerprint density at radius 1 is 1.30 bits per heavy atom. The SMILES string of the molecule is COc1cc(Cl)c(C)cc1NC(=O)c1cnc(C(C)C)nc1C. The molecule has 0 atom stereocenters. The molecule has 23 heavy (non-hydrogen) atoms. The predicted octanol–water partition coefficient (Wildman–Crippen LogP) is 4.13. The zero-order chi connectivity index (χ0) is 17.1. The number of benzene rings is 1. The summed E-state index contributed by atoms with van der Waals surface area (Å²) in [6.45, 7) is 7.68. The summed E-state index contributed by atoms with van der Waals surface area (Å²) in [7, 11) is 1.53. The Hall–Kier alpha value is -2.14. The van der Waals surface area contributed by atoms with Crippen LogP contribution < -0.4 is 10.1 Å². The highest BCUT2D eigenvalue weighted by Crippen LogP contribution is 2.31. The van der Waals surface area contributed by atoms with E-state index in [1.165, 1.54) is 7.11 Å². The lowest BCUT2D eigenvalue weighted by atomic mass is 10.1. The molecular formula is C17H20ClN3O2. The molecule has 1 aromatic carbocycles. The van der Waals surface area contributed by atoms with Crippen LogP contribution in [0.2, 0.25) is 5.02 Å². The van der Waals surface area contributed by atoms with Crippen molar-refractivity contribution in [1.82, 2.24) is 9.97 Å². The highest BCUT2D eigenvalue weighted by atomic mass is 35.5. The molecule has 1 heterocycles. The van der Waals surface area contributed by atoms with Crippen molar-refractivity contribution in [1.29, 1.82) is 0 Å². The van der Waals surface area contributed by atoms with E-state index in [1.54, 1.807) is 25.3 Å². The second-order valence-corrected chi connectivity index (χ2v) is 6.04. The maximum Gasteiger partial charge on any atom is 0.259 e. The first-order chi connectivity index (χ1) is 10.8. The van der Waals surface area contributed by atoms with E-state index in [1.807, 2.05) is 20.8 Å². The highest BCUT2D eigenvalue weighted by Gasteiger charge is 2.16. The zero-order valence-corrected chi connectivity index (χ0v) is 14.7. The fourth-order valence-corrected chi connectivity index (χ4v) is 2.26. The molecule has 1 aromatic heterocycles. The van der Waals surface area contributed by atoms with Crippen molar-refractivity contribution in [3.05, 3.63) is 46.0 Å². The monoisotopic (exact) mass is 333 g/mol. The number of ether oxygens (including phenoxy) is 1. The molecule has 0 aliphatic heterocycles. The van der Waals surface area contributed by atoms with Crippen LogP contribution >= 0.6 is 11.6 Å². The first kappa shape index (κ1) is 17.2. The lowest BCUT2D eigenvalue weighted by molar-refractivity contribution is 0.102. The fraction of sp³-hybridized carbons (Fsp3) is 0.353. The smallest absolute Gasteiger partial charge is 0.259 e. The van der Waals surface area contributed by atoms with E-state index in [0.717, 1.165) is 11.4 Å². The Morgan fingerprint density at radius 2 is 2.00 bits per heavy atom. The van der Waals surface area contributed by atoms with Gasteiger partial charge in [0.05, 0.1) is 24.1 Å². The van der Waals surface area contributed by atoms with E-state index in [4.69, 9.17) is 16.3 Å². The van der Waals surface area contributed by atoms with E-state index >= 15 is 0 Å². The maximum absolute atomic E-state index is 12.5. The minimum atomic E-state index is -0.280. The van der Waals surface area contributed by atoms with Crippen LogP contribution in [0, 0.1) is 13.8 Å². The molecule has 2 aromatic rings. The standard InChI is InChI=1S/C17H20ClN3O2/c1-9(2)16-19-8-12(11(4)20-16)17(22)21-14-6-10(3)13(18)7-15(14)23-5/h6-9H,1-5H3,(H,21,22). The Labute approximate surface area is 141 Å². The summed E-state index contributed by atoms with van der Waals surface area (Å²) in [6.07, 6.45) is 1.56. The van der Waals surface area contributed by atoms with Crippen molar-refractivity contribution >= 4 is 23.2 Å². The van der Waals surface area contributed by atoms with Crippen molar-refractivity contribution in [2.24, 2.45) is 0 Å². The molecule has 0 aliphatic carbocycles. The van der Waals surface area contributed by atoms with Crippen molar-refractivity contribution in [3.8, 4) is 5.75 Å². The first-order valence-electron chi connectivity index (χ1n) is 7.32. The number of aryl methyl sites for hydroxylation is 2. The molecule has 0 aliphatic rings. The molecule has 5 nitrogen and oxygen atoms in total. The van der Waals surface area contributed by atoms with Gasteiger partial charge in [0, 0.05) is 23.2 Å². The third-order valence-corrected chi connectivity index (χ3v) is 3.90. The molecule has 0 radical (unpaired) electrons. The van der Waals surface area contributed by atoms with Crippen LogP contribution in [-0.2, 0) is 0 Å². The number of halogens is 1. The molecule has 1 N–H and O–H groups in total. The van der Waals surface area contributed by atoms with Gasteiger partial charge in [-0.25, -0.2) is 9.97 Å². The van der Waals surface area contributed by atoms with Gasteiger partial charge < -0.3 is 10.1 Å². The van der Waals surface area contributed by atoms with Gasteiger partial charge >= 0.3 is 0 Å². The number of carbonyl (C=O) groups is 1. The maximum atomic E-state index is 12.5. The van der Waals surface area contributed by atoms with E-state index in [0.29, 0.717) is 27.7 Å². The molecule has 0 saturated heterocycles. The largest absolute Gasteiger partial charge is 0.495 e. The van der Waals surface area contributed by atoms with Crippen molar-refractivity contribution in [2.45, 2.75) is 33.6 Å². The highest BCUT2D eigenvalue weighted by molar-refractivity contribution is 6.31. The number of nitrogens with one attached hydrogen (secondary N) is 1. The van der Waals surface area contributed by atoms with Crippen LogP contribution in [0.5, 0.6) is 5.75 Å². The lowest BCUT2D eigenvalue weighted by Crippen LogP contribution is -2.16. The molecule has 0 spiro atoms. The topological polar surface area (TPSA) is 64.1 Å². The van der Waals surface area contributed by atoms with Crippen molar-refractivity contribution in [3.63, 3.8) is 0 Å². The number of hydrogen-bond donors (Lipinski definition) is 1. The summed E-state index contributed by atoms with van der Waals surface area (Å²) in [4.78, 5) is 21.1. The number of rotatable bonds is 4. The van der Waals surface area contributed by atoms with Gasteiger partial charge in [-0.2, -0.15) is 0 Å². The molecule has 1 amide bonds. The number of nitrogens with zero attached hydrogens (tertiary/aromatic N) is 2. The summed E-state index contributed by atoms with van der Waals surface area (Å²) < 4.78 is 5.27. The van der Waals surface area contributed by atoms with Gasteiger partial charge in [0.15, 0.2) is 0 Å². The van der Waals surface area contributed by atoms with Gasteiger partial charge in [-0.15, -0.1) is 0 Å². The second-order valence-electron chi connectivity index (χ2n) is 5.64. The fourth-order valence-electron chi connectivity index (χ4n) is 2.11. The number of anilines is 1. The number of aromatic nitrogens is 2. The van der Waals surface area contributed by atoms with Crippen molar-refractivity contribution < 1.29 is 9.53 Å². The average molecular weight is 334 g/mol. The Balaban J connectivity index is 2.31. The van der Waals surface area contributed by atoms with E-state index in [-0.39, 0.29) is 11.8 Å². The number of amides is 1. The van der Waals surface area contributed by atoms with Gasteiger partial charge in [-0.3, -0.25) is 4.79 Å². The van der Waals surface area contributed by atoms with E-state index in [2.05, 4.69) is 15.3 Å². The Morgan fingerprint density at radius 3 is 2.57 bits per heavy atom. The van der Waals surface area contributed by atoms with Gasteiger partial charge in [-0.05, 0) is 25.5 Å². The third kappa shape index (κ3) is 3.79. The Bertz CT molecular complexity index is 745. The molecule has 0 fully saturated rings. The van der Waals surface area contributed by atoms with Gasteiger partial charge in [0.2, 0.25) is 0 Å². The molecule has 6 heteroatoms. The van der Waals surface area contributed by atoms with E-state index in [9.17, 15) is 4.79 Å². The van der Waals surface area contributed by atoms with Gasteiger partial charge in [0.25, 0.3) is 5.91 Å². The minimum absolute atomic E-state index is 0.213. The Kier molecular flexibility index (Phi) is 5.21. The normalized spacial score (nSPS) is 10.7. The quantitative estimate of drug-likeness (QED) is 0.913. The number of hydrogen-bond acceptors (Lipinski definition) is 4. The number of methoxy groups -OCH3 is 1. The predicted molar refractivity (Wildman–Crippen MR) is 91.6 cm³/mol. The first-order valence-corrected chi connectivity index (χ1v) is 7.70. The van der Waals surface area contributed by atoms with Gasteiger partial charge in [0.1, 0.15) is 11.6 Å². The zero-order valence-electron chi connectivity index (χ0n) is 13.9. The van der Waals surface area contributed by atoms with Crippen LogP contribution in [-0.4, -0.2) is 23.0 Å². The molecule has 0 unspecified atom stereocenters. The van der Waals surface area contributed by atoms with Crippen LogP contribution in [0.15, 0.2) is 18.3 Å². The minimum Gasteiger partial charge on any atom is -0.495 e. The summed E-state index contributed by atoms with van der Waals surface area (Å²) in [5.74, 6) is 1.16. The molecular weight excluding hydrogens is 314 g/mol. The summed E-state index contributed by atoms with van der Waals surface area (Å²) in [5.41, 5.74) is 2.49. The third-order valence-electron chi connectivity index (χ3n) is 3.49. The molecule has 0 bridgehead atoms. The summed E-state index contributed by atoms with van der Waals surface area (Å²) in [6, 6.07) is 3.45. The number of carbonyl (C=O) groups excluding carboxylic acids is 1. The van der Waals surface area contributed by atoms with Crippen LogP contribution in [0.3, 0.4) is 0 Å². The second kappa shape index (κ2) is 6.96. The molecule has 2 rings (SSSR count). The van der Waals surface area contributed by atoms with Crippen LogP contribution in [0.4, 0.5) is 5.69 Å². The van der Waals surface area contributed by atoms with Gasteiger partial charge in [-0.1, -0.05) is 25.4 Å². The molecule has 122 valence electrons. The summed E-state index contributed by atoms with van der Waals surface area (Å²) >= 11 is 6.08. The van der Waals surface area contributed by atoms with Crippen molar-refractivity contribution in [2.75, 3.05) is 12.4 Å². The summed E-state index contributed by atoms with van der Waals surface area (Å²) in [5, 5.41) is 3.42.